The zero-order valence-corrected chi connectivity index (χ0v) is 14.2. The Bertz CT molecular complexity index is 797. The van der Waals surface area contributed by atoms with Crippen LogP contribution in [0.1, 0.15) is 23.6 Å². The first-order valence-corrected chi connectivity index (χ1v) is 8.09. The van der Waals surface area contributed by atoms with E-state index in [0.717, 1.165) is 23.2 Å². The number of nitrogens with zero attached hydrogens (tertiary/aromatic N) is 1. The molecule has 3 rings (SSSR count). The zero-order chi connectivity index (χ0) is 17.1. The Morgan fingerprint density at radius 2 is 1.67 bits per heavy atom. The van der Waals surface area contributed by atoms with Gasteiger partial charge in [0.1, 0.15) is 5.76 Å². The van der Waals surface area contributed by atoms with Gasteiger partial charge in [-0.15, -0.1) is 0 Å². The van der Waals surface area contributed by atoms with Crippen molar-refractivity contribution in [3.8, 4) is 0 Å². The number of hydrogen-bond donors (Lipinski definition) is 0. The van der Waals surface area contributed by atoms with E-state index in [1.807, 2.05) is 67.5 Å². The monoisotopic (exact) mass is 319 g/mol. The molecule has 3 heteroatoms. The molecule has 0 bridgehead atoms. The van der Waals surface area contributed by atoms with Gasteiger partial charge in [0.25, 0.3) is 0 Å². The highest BCUT2D eigenvalue weighted by Gasteiger charge is 2.21. The number of rotatable bonds is 4. The lowest BCUT2D eigenvalue weighted by Gasteiger charge is -2.11. The number of benzene rings is 2. The molecule has 0 fully saturated rings. The number of aryl methyl sites for hydroxylation is 1. The van der Waals surface area contributed by atoms with E-state index in [0.29, 0.717) is 11.3 Å². The van der Waals surface area contributed by atoms with E-state index in [2.05, 4.69) is 19.1 Å². The van der Waals surface area contributed by atoms with Crippen LogP contribution >= 0.6 is 0 Å². The Hall–Kier alpha value is -2.81. The molecule has 2 aromatic carbocycles. The average Bonchev–Trinajstić information content (AvgIpc) is 2.96. The largest absolute Gasteiger partial charge is 0.422 e. The minimum Gasteiger partial charge on any atom is -0.422 e. The summed E-state index contributed by atoms with van der Waals surface area (Å²) in [7, 11) is 4.00. The average molecular weight is 319 g/mol. The maximum Gasteiger partial charge on any atom is 0.343 e. The van der Waals surface area contributed by atoms with Crippen molar-refractivity contribution >= 4 is 23.5 Å². The minimum atomic E-state index is -0.304. The molecule has 1 aliphatic heterocycles. The third kappa shape index (κ3) is 3.40. The van der Waals surface area contributed by atoms with Crippen molar-refractivity contribution in [2.75, 3.05) is 19.0 Å². The molecule has 1 heterocycles. The normalized spacial score (nSPS) is 15.4. The molecule has 0 atom stereocenters. The van der Waals surface area contributed by atoms with E-state index in [1.165, 1.54) is 5.56 Å². The van der Waals surface area contributed by atoms with Crippen LogP contribution in [0.5, 0.6) is 0 Å². The zero-order valence-electron chi connectivity index (χ0n) is 14.2. The van der Waals surface area contributed by atoms with Crippen molar-refractivity contribution in [2.24, 2.45) is 0 Å². The first-order valence-electron chi connectivity index (χ1n) is 8.09. The number of anilines is 1. The van der Waals surface area contributed by atoms with E-state index in [4.69, 9.17) is 4.74 Å². The van der Waals surface area contributed by atoms with Gasteiger partial charge in [0.15, 0.2) is 0 Å². The second-order valence-electron chi connectivity index (χ2n) is 6.03. The number of carbonyl (C=O) groups is 1. The maximum absolute atomic E-state index is 12.1. The molecule has 0 spiro atoms. The van der Waals surface area contributed by atoms with Gasteiger partial charge in [0, 0.05) is 25.3 Å². The highest BCUT2D eigenvalue weighted by atomic mass is 16.5. The minimum absolute atomic E-state index is 0.304. The second-order valence-corrected chi connectivity index (χ2v) is 6.03. The van der Waals surface area contributed by atoms with E-state index >= 15 is 0 Å². The Balaban J connectivity index is 1.85. The van der Waals surface area contributed by atoms with Crippen molar-refractivity contribution in [1.82, 2.24) is 0 Å². The molecule has 1 aliphatic rings. The molecule has 2 aromatic rings. The molecule has 24 heavy (non-hydrogen) atoms. The molecule has 0 radical (unpaired) electrons. The van der Waals surface area contributed by atoms with Crippen LogP contribution in [0.25, 0.3) is 11.8 Å². The van der Waals surface area contributed by atoms with E-state index in [9.17, 15) is 4.79 Å². The van der Waals surface area contributed by atoms with Gasteiger partial charge >= 0.3 is 5.97 Å². The van der Waals surface area contributed by atoms with Crippen LogP contribution in [0.4, 0.5) is 5.69 Å². The van der Waals surface area contributed by atoms with E-state index in [1.54, 1.807) is 0 Å². The SMILES string of the molecule is CCc1ccc(C2=C/C(=C/c3ccc(N(C)C)cc3)C(=O)O2)cc1. The number of carbonyl (C=O) groups excluding carboxylic acids is 1. The van der Waals surface area contributed by atoms with Crippen molar-refractivity contribution < 1.29 is 9.53 Å². The van der Waals surface area contributed by atoms with Gasteiger partial charge in [0.2, 0.25) is 0 Å². The Morgan fingerprint density at radius 3 is 2.25 bits per heavy atom. The summed E-state index contributed by atoms with van der Waals surface area (Å²) in [5, 5.41) is 0. The van der Waals surface area contributed by atoms with Gasteiger partial charge in [-0.1, -0.05) is 43.3 Å². The molecule has 0 unspecified atom stereocenters. The summed E-state index contributed by atoms with van der Waals surface area (Å²) in [6.07, 6.45) is 4.66. The van der Waals surface area contributed by atoms with Gasteiger partial charge < -0.3 is 9.64 Å². The van der Waals surface area contributed by atoms with Crippen LogP contribution < -0.4 is 4.90 Å². The Morgan fingerprint density at radius 1 is 1.00 bits per heavy atom. The van der Waals surface area contributed by atoms with Crippen molar-refractivity contribution in [3.05, 3.63) is 76.9 Å². The third-order valence-electron chi connectivity index (χ3n) is 4.10. The lowest BCUT2D eigenvalue weighted by molar-refractivity contribution is -0.130. The fraction of sp³-hybridized carbons (Fsp3) is 0.190. The molecule has 0 saturated carbocycles. The summed E-state index contributed by atoms with van der Waals surface area (Å²) in [5.74, 6) is 0.306. The predicted octanol–water partition coefficient (Wildman–Crippen LogP) is 4.30. The summed E-state index contributed by atoms with van der Waals surface area (Å²) < 4.78 is 5.41. The summed E-state index contributed by atoms with van der Waals surface area (Å²) in [6, 6.07) is 16.2. The Labute approximate surface area is 142 Å². The molecule has 0 aromatic heterocycles. The lowest BCUT2D eigenvalue weighted by Crippen LogP contribution is -2.07. The van der Waals surface area contributed by atoms with Gasteiger partial charge in [0.05, 0.1) is 5.57 Å². The quantitative estimate of drug-likeness (QED) is 0.622. The molecule has 0 aliphatic carbocycles. The smallest absolute Gasteiger partial charge is 0.343 e. The fourth-order valence-corrected chi connectivity index (χ4v) is 2.58. The Kier molecular flexibility index (Phi) is 4.52. The van der Waals surface area contributed by atoms with Crippen LogP contribution in [0, 0.1) is 0 Å². The van der Waals surface area contributed by atoms with Gasteiger partial charge in [-0.05, 0) is 41.8 Å². The summed E-state index contributed by atoms with van der Waals surface area (Å²) in [6.45, 7) is 2.12. The molecular weight excluding hydrogens is 298 g/mol. The number of hydrogen-bond acceptors (Lipinski definition) is 3. The van der Waals surface area contributed by atoms with E-state index < -0.39 is 0 Å². The highest BCUT2D eigenvalue weighted by molar-refractivity contribution is 6.05. The van der Waals surface area contributed by atoms with Crippen molar-refractivity contribution in [2.45, 2.75) is 13.3 Å². The predicted molar refractivity (Wildman–Crippen MR) is 98.6 cm³/mol. The van der Waals surface area contributed by atoms with Crippen LogP contribution in [0.2, 0.25) is 0 Å². The molecule has 122 valence electrons. The topological polar surface area (TPSA) is 29.5 Å². The first-order chi connectivity index (χ1) is 11.6. The second kappa shape index (κ2) is 6.75. The third-order valence-corrected chi connectivity index (χ3v) is 4.10. The van der Waals surface area contributed by atoms with Crippen LogP contribution in [-0.4, -0.2) is 20.1 Å². The van der Waals surface area contributed by atoms with Crippen LogP contribution in [0.3, 0.4) is 0 Å². The summed E-state index contributed by atoms with van der Waals surface area (Å²) in [4.78, 5) is 14.2. The molecule has 0 amide bonds. The van der Waals surface area contributed by atoms with Gasteiger partial charge in [-0.3, -0.25) is 0 Å². The summed E-state index contributed by atoms with van der Waals surface area (Å²) in [5.41, 5.74) is 4.86. The number of cyclic esters (lactones) is 1. The fourth-order valence-electron chi connectivity index (χ4n) is 2.58. The van der Waals surface area contributed by atoms with Crippen LogP contribution in [0.15, 0.2) is 60.2 Å². The standard InChI is InChI=1S/C21H21NO2/c1-4-15-5-9-17(10-6-15)20-14-18(21(23)24-20)13-16-7-11-19(12-8-16)22(2)3/h5-14H,4H2,1-3H3/b18-13-. The van der Waals surface area contributed by atoms with Gasteiger partial charge in [-0.2, -0.15) is 0 Å². The highest BCUT2D eigenvalue weighted by Crippen LogP contribution is 2.28. The molecule has 0 saturated heterocycles. The maximum atomic E-state index is 12.1. The number of ether oxygens (including phenoxy) is 1. The first kappa shape index (κ1) is 16.1. The van der Waals surface area contributed by atoms with Gasteiger partial charge in [-0.25, -0.2) is 4.79 Å². The van der Waals surface area contributed by atoms with Crippen molar-refractivity contribution in [1.29, 1.82) is 0 Å². The molecule has 0 N–H and O–H groups in total. The van der Waals surface area contributed by atoms with Crippen LogP contribution in [-0.2, 0) is 16.0 Å². The number of esters is 1. The van der Waals surface area contributed by atoms with E-state index in [-0.39, 0.29) is 5.97 Å². The summed E-state index contributed by atoms with van der Waals surface area (Å²) >= 11 is 0. The lowest BCUT2D eigenvalue weighted by atomic mass is 10.1. The molecule has 3 nitrogen and oxygen atoms in total. The van der Waals surface area contributed by atoms with Crippen molar-refractivity contribution in [3.63, 3.8) is 0 Å². The molecular formula is C21H21NO2.